The molecule has 6 heterocycles. The van der Waals surface area contributed by atoms with Gasteiger partial charge in [0.1, 0.15) is 29.9 Å². The Morgan fingerprint density at radius 1 is 1.04 bits per heavy atom. The van der Waals surface area contributed by atoms with Gasteiger partial charge in [-0.1, -0.05) is 60.1 Å². The molecule has 0 saturated carbocycles. The molecule has 8 rings (SSSR count). The zero-order chi connectivity index (χ0) is 37.9. The molecule has 1 saturated heterocycles. The van der Waals surface area contributed by atoms with Crippen LogP contribution in [0.4, 0.5) is 0 Å². The fourth-order valence-corrected chi connectivity index (χ4v) is 8.22. The number of imide groups is 1. The number of esters is 1. The molecule has 0 spiro atoms. The minimum atomic E-state index is -0.708. The summed E-state index contributed by atoms with van der Waals surface area (Å²) < 4.78 is 15.3. The highest BCUT2D eigenvalue weighted by Crippen LogP contribution is 2.37. The summed E-state index contributed by atoms with van der Waals surface area (Å²) in [5.74, 6) is 12.6. The van der Waals surface area contributed by atoms with Crippen molar-refractivity contribution in [3.8, 4) is 28.7 Å². The first-order chi connectivity index (χ1) is 26.8. The number of hydrogen-bond acceptors (Lipinski definition) is 10. The van der Waals surface area contributed by atoms with Gasteiger partial charge in [-0.2, -0.15) is 5.10 Å². The molecule has 1 fully saturated rings. The summed E-state index contributed by atoms with van der Waals surface area (Å²) >= 11 is 1.62. The Hall–Kier alpha value is -6.35. The second-order valence-corrected chi connectivity index (χ2v) is 14.4. The van der Waals surface area contributed by atoms with Crippen LogP contribution in [0.15, 0.2) is 60.9 Å². The fourth-order valence-electron chi connectivity index (χ4n) is 6.97. The lowest BCUT2D eigenvalue weighted by molar-refractivity contribution is -0.142. The molecule has 13 nitrogen and oxygen atoms in total. The second-order valence-electron chi connectivity index (χ2n) is 13.4. The first kappa shape index (κ1) is 35.7. The van der Waals surface area contributed by atoms with Crippen LogP contribution in [0.2, 0.25) is 0 Å². The molecule has 3 aliphatic heterocycles. The van der Waals surface area contributed by atoms with E-state index in [1.165, 1.54) is 10.5 Å². The lowest BCUT2D eigenvalue weighted by Crippen LogP contribution is -2.52. The number of benzene rings is 2. The summed E-state index contributed by atoms with van der Waals surface area (Å²) in [6, 6.07) is 14.8. The predicted octanol–water partition coefficient (Wildman–Crippen LogP) is 3.99. The van der Waals surface area contributed by atoms with Gasteiger partial charge in [-0.05, 0) is 48.6 Å². The quantitative estimate of drug-likeness (QED) is 0.107. The third-order valence-corrected chi connectivity index (χ3v) is 10.9. The third kappa shape index (κ3) is 7.55. The molecule has 1 atom stereocenters. The monoisotopic (exact) mass is 753 g/mol. The summed E-state index contributed by atoms with van der Waals surface area (Å²) in [5.41, 5.74) is 5.99. The van der Waals surface area contributed by atoms with E-state index in [1.807, 2.05) is 31.3 Å². The van der Waals surface area contributed by atoms with Crippen molar-refractivity contribution in [1.29, 1.82) is 0 Å². The summed E-state index contributed by atoms with van der Waals surface area (Å²) in [6.45, 7) is 3.76. The molecule has 1 N–H and O–H groups in total. The number of aromatic nitrogens is 5. The molecule has 55 heavy (non-hydrogen) atoms. The standard InChI is InChI=1S/C41H35N7O6S/c1-26-44-45-36-25-53-24-33-31(20-27-8-3-2-4-9-27)35(55-41(33)48(26)36)16-14-28-21-42-46(22-28)18-7-19-54-38(50)13-6-11-29-10-5-12-30-32(29)23-47(40(30)52)34-15-17-37(49)43-39(34)51/h2-5,8-10,12,21-22,34H,7,13,15,17-20,23-25H2,1H3,(H,43,49,51). The molecule has 2 aromatic carbocycles. The molecule has 3 aromatic heterocycles. The number of amides is 3. The maximum Gasteiger partial charge on any atom is 0.317 e. The number of fused-ring (bicyclic) bond motifs is 4. The van der Waals surface area contributed by atoms with E-state index in [2.05, 4.69) is 61.0 Å². The third-order valence-electron chi connectivity index (χ3n) is 9.68. The molecule has 0 bridgehead atoms. The Morgan fingerprint density at radius 2 is 1.91 bits per heavy atom. The Labute approximate surface area is 320 Å². The summed E-state index contributed by atoms with van der Waals surface area (Å²) in [4.78, 5) is 51.9. The molecule has 3 amide bonds. The van der Waals surface area contributed by atoms with Crippen molar-refractivity contribution in [2.24, 2.45) is 0 Å². The molecular weight excluding hydrogens is 719 g/mol. The molecule has 14 heteroatoms. The number of hydrogen-bond donors (Lipinski definition) is 1. The van der Waals surface area contributed by atoms with Crippen LogP contribution >= 0.6 is 11.3 Å². The average molecular weight is 754 g/mol. The molecule has 1 unspecified atom stereocenters. The van der Waals surface area contributed by atoms with Gasteiger partial charge in [0.2, 0.25) is 11.8 Å². The van der Waals surface area contributed by atoms with E-state index in [4.69, 9.17) is 9.47 Å². The van der Waals surface area contributed by atoms with Gasteiger partial charge >= 0.3 is 5.97 Å². The van der Waals surface area contributed by atoms with Crippen molar-refractivity contribution in [3.05, 3.63) is 116 Å². The van der Waals surface area contributed by atoms with Crippen molar-refractivity contribution < 1.29 is 28.7 Å². The molecular formula is C41H35N7O6S. The van der Waals surface area contributed by atoms with Crippen molar-refractivity contribution >= 4 is 35.0 Å². The van der Waals surface area contributed by atoms with Gasteiger partial charge < -0.3 is 14.4 Å². The van der Waals surface area contributed by atoms with Gasteiger partial charge in [-0.3, -0.25) is 33.7 Å². The number of nitrogens with one attached hydrogen (secondary N) is 1. The highest BCUT2D eigenvalue weighted by molar-refractivity contribution is 7.15. The second kappa shape index (κ2) is 15.6. The van der Waals surface area contributed by atoms with Crippen molar-refractivity contribution in [2.45, 2.75) is 71.4 Å². The average Bonchev–Trinajstić information content (AvgIpc) is 3.93. The Kier molecular flexibility index (Phi) is 10.1. The topological polar surface area (TPSA) is 151 Å². The SMILES string of the molecule is Cc1nnc2n1-c1sc(C#Cc3cnn(CCCOC(=O)CC#Cc4cccc5c4CN(C4CCC(=O)NC4=O)C5=O)c3)c(Cc3ccccc3)c1COC2. The maximum atomic E-state index is 13.1. The van der Waals surface area contributed by atoms with Crippen LogP contribution < -0.4 is 5.32 Å². The van der Waals surface area contributed by atoms with Crippen LogP contribution in [0.3, 0.4) is 0 Å². The van der Waals surface area contributed by atoms with Gasteiger partial charge in [0, 0.05) is 48.8 Å². The number of aryl methyl sites for hydroxylation is 2. The van der Waals surface area contributed by atoms with E-state index in [1.54, 1.807) is 40.4 Å². The summed E-state index contributed by atoms with van der Waals surface area (Å²) in [5, 5.41) is 16.4. The number of nitrogens with zero attached hydrogens (tertiary/aromatic N) is 6. The lowest BCUT2D eigenvalue weighted by Gasteiger charge is -2.29. The number of thiophene rings is 1. The van der Waals surface area contributed by atoms with Crippen LogP contribution in [0, 0.1) is 30.6 Å². The Morgan fingerprint density at radius 3 is 2.76 bits per heavy atom. The summed E-state index contributed by atoms with van der Waals surface area (Å²) in [7, 11) is 0. The van der Waals surface area contributed by atoms with Crippen LogP contribution in [0.1, 0.15) is 85.9 Å². The first-order valence-electron chi connectivity index (χ1n) is 18.0. The van der Waals surface area contributed by atoms with E-state index >= 15 is 0 Å². The molecule has 3 aliphatic rings. The van der Waals surface area contributed by atoms with Gasteiger partial charge in [0.05, 0.1) is 29.9 Å². The van der Waals surface area contributed by atoms with E-state index in [-0.39, 0.29) is 44.2 Å². The van der Waals surface area contributed by atoms with Crippen LogP contribution in [0.25, 0.3) is 5.00 Å². The largest absolute Gasteiger partial charge is 0.465 e. The number of piperidine rings is 1. The molecule has 0 aliphatic carbocycles. The van der Waals surface area contributed by atoms with Crippen LogP contribution in [0.5, 0.6) is 0 Å². The minimum absolute atomic E-state index is 0.112. The Bertz CT molecular complexity index is 2460. The number of carbonyl (C=O) groups is 4. The van der Waals surface area contributed by atoms with E-state index in [9.17, 15) is 19.2 Å². The number of ether oxygens (including phenoxy) is 2. The lowest BCUT2D eigenvalue weighted by atomic mass is 10.0. The van der Waals surface area contributed by atoms with Crippen molar-refractivity contribution in [3.63, 3.8) is 0 Å². The van der Waals surface area contributed by atoms with Crippen LogP contribution in [-0.4, -0.2) is 65.8 Å². The maximum absolute atomic E-state index is 13.1. The van der Waals surface area contributed by atoms with Gasteiger partial charge in [0.15, 0.2) is 5.82 Å². The summed E-state index contributed by atoms with van der Waals surface area (Å²) in [6.07, 6.45) is 5.24. The smallest absolute Gasteiger partial charge is 0.317 e. The van der Waals surface area contributed by atoms with Gasteiger partial charge in [-0.25, -0.2) is 0 Å². The predicted molar refractivity (Wildman–Crippen MR) is 199 cm³/mol. The van der Waals surface area contributed by atoms with Gasteiger partial charge in [-0.15, -0.1) is 21.5 Å². The molecule has 5 aromatic rings. The fraction of sp³-hybridized carbons (Fsp3) is 0.293. The zero-order valence-electron chi connectivity index (χ0n) is 30.0. The highest BCUT2D eigenvalue weighted by atomic mass is 32.1. The number of carbonyl (C=O) groups excluding carboxylic acids is 4. The number of rotatable bonds is 8. The molecule has 276 valence electrons. The molecule has 0 radical (unpaired) electrons. The minimum Gasteiger partial charge on any atom is -0.465 e. The first-order valence-corrected chi connectivity index (χ1v) is 18.8. The highest BCUT2D eigenvalue weighted by Gasteiger charge is 2.39. The van der Waals surface area contributed by atoms with Crippen LogP contribution in [-0.2, 0) is 56.6 Å². The van der Waals surface area contributed by atoms with Gasteiger partial charge in [0.25, 0.3) is 5.91 Å². The van der Waals surface area contributed by atoms with E-state index in [0.717, 1.165) is 44.6 Å². The Balaban J connectivity index is 0.862. The van der Waals surface area contributed by atoms with E-state index in [0.29, 0.717) is 42.9 Å². The normalized spacial score (nSPS) is 15.8. The van der Waals surface area contributed by atoms with E-state index < -0.39 is 17.9 Å². The van der Waals surface area contributed by atoms with Crippen molar-refractivity contribution in [1.82, 2.24) is 34.8 Å². The zero-order valence-corrected chi connectivity index (χ0v) is 30.8. The van der Waals surface area contributed by atoms with Crippen molar-refractivity contribution in [2.75, 3.05) is 6.61 Å².